The molecule has 0 N–H and O–H groups in total. The average molecular weight is 326 g/mol. The van der Waals surface area contributed by atoms with E-state index in [1.807, 2.05) is 44.2 Å². The molecule has 2 rings (SSSR count). The van der Waals surface area contributed by atoms with Crippen molar-refractivity contribution in [1.82, 2.24) is 4.98 Å². The molecule has 0 fully saturated rings. The molecule has 0 unspecified atom stereocenters. The number of carbonyl (C=O) groups is 1. The lowest BCUT2D eigenvalue weighted by atomic mass is 10.1. The van der Waals surface area contributed by atoms with Crippen molar-refractivity contribution in [1.29, 1.82) is 0 Å². The lowest BCUT2D eigenvalue weighted by Crippen LogP contribution is -2.12. The maximum atomic E-state index is 12.0. The molecule has 0 aliphatic carbocycles. The molecule has 18 heavy (non-hydrogen) atoms. The van der Waals surface area contributed by atoms with Crippen LogP contribution in [0.2, 0.25) is 0 Å². The van der Waals surface area contributed by atoms with Crippen molar-refractivity contribution < 1.29 is 9.53 Å². The molecule has 2 aromatic rings. The molecule has 1 heterocycles. The Hall–Kier alpha value is -1.20. The number of ether oxygens (including phenoxy) is 1. The molecule has 0 atom stereocenters. The number of carbonyl (C=O) groups excluding carboxylic acids is 1. The molecule has 0 radical (unpaired) electrons. The second-order valence-corrected chi connectivity index (χ2v) is 6.24. The summed E-state index contributed by atoms with van der Waals surface area (Å²) in [5.74, 6) is -0.384. The van der Waals surface area contributed by atoms with Gasteiger partial charge in [0.2, 0.25) is 0 Å². The molecule has 1 aromatic heterocycles. The fourth-order valence-electron chi connectivity index (χ4n) is 1.49. The number of rotatable bonds is 3. The summed E-state index contributed by atoms with van der Waals surface area (Å²) in [5, 5.41) is 0. The van der Waals surface area contributed by atoms with E-state index < -0.39 is 0 Å². The largest absolute Gasteiger partial charge is 0.458 e. The van der Waals surface area contributed by atoms with Crippen molar-refractivity contribution in [2.45, 2.75) is 20.0 Å². The topological polar surface area (TPSA) is 39.2 Å². The van der Waals surface area contributed by atoms with Crippen LogP contribution in [0.1, 0.15) is 24.3 Å². The van der Waals surface area contributed by atoms with Gasteiger partial charge >= 0.3 is 5.97 Å². The fraction of sp³-hybridized carbons (Fsp3) is 0.231. The van der Waals surface area contributed by atoms with Gasteiger partial charge in [-0.05, 0) is 35.3 Å². The second-order valence-electron chi connectivity index (χ2n) is 3.96. The average Bonchev–Trinajstić information content (AvgIpc) is 2.72. The lowest BCUT2D eigenvalue weighted by molar-refractivity contribution is 0.0372. The number of esters is 1. The van der Waals surface area contributed by atoms with Crippen LogP contribution in [0.15, 0.2) is 34.2 Å². The van der Waals surface area contributed by atoms with Crippen LogP contribution in [0.4, 0.5) is 0 Å². The minimum atomic E-state index is -0.384. The number of benzene rings is 1. The monoisotopic (exact) mass is 325 g/mol. The van der Waals surface area contributed by atoms with Gasteiger partial charge in [-0.2, -0.15) is 0 Å². The summed E-state index contributed by atoms with van der Waals surface area (Å²) >= 11 is 4.74. The molecule has 0 saturated heterocycles. The van der Waals surface area contributed by atoms with E-state index in [1.54, 1.807) is 0 Å². The summed E-state index contributed by atoms with van der Waals surface area (Å²) in [4.78, 5) is 17.0. The highest BCUT2D eigenvalue weighted by molar-refractivity contribution is 9.11. The first-order valence-corrected chi connectivity index (χ1v) is 7.11. The first-order valence-electron chi connectivity index (χ1n) is 5.50. The number of halogens is 1. The minimum absolute atomic E-state index is 0.151. The van der Waals surface area contributed by atoms with Crippen molar-refractivity contribution in [3.63, 3.8) is 0 Å². The Bertz CT molecular complexity index is 551. The predicted molar refractivity (Wildman–Crippen MR) is 75.8 cm³/mol. The second kappa shape index (κ2) is 5.63. The molecule has 0 amide bonds. The van der Waals surface area contributed by atoms with E-state index in [2.05, 4.69) is 20.9 Å². The summed E-state index contributed by atoms with van der Waals surface area (Å²) in [5.41, 5.74) is 1.34. The van der Waals surface area contributed by atoms with Crippen molar-refractivity contribution in [2.75, 3.05) is 0 Å². The van der Waals surface area contributed by atoms with E-state index in [4.69, 9.17) is 4.74 Å². The zero-order valence-corrected chi connectivity index (χ0v) is 12.4. The Morgan fingerprint density at radius 1 is 1.33 bits per heavy atom. The Labute approximate surface area is 118 Å². The third kappa shape index (κ3) is 2.97. The quantitative estimate of drug-likeness (QED) is 0.796. The highest BCUT2D eigenvalue weighted by Crippen LogP contribution is 2.33. The number of nitrogens with zero attached hydrogens (tertiary/aromatic N) is 1. The normalized spacial score (nSPS) is 10.7. The number of hydrogen-bond acceptors (Lipinski definition) is 4. The third-order valence-corrected chi connectivity index (χ3v) is 3.73. The number of aromatic nitrogens is 1. The molecule has 5 heteroatoms. The zero-order chi connectivity index (χ0) is 13.1. The summed E-state index contributed by atoms with van der Waals surface area (Å²) in [6.07, 6.45) is -0.151. The molecular weight excluding hydrogens is 314 g/mol. The van der Waals surface area contributed by atoms with E-state index in [0.717, 1.165) is 10.4 Å². The maximum absolute atomic E-state index is 12.0. The van der Waals surface area contributed by atoms with E-state index in [1.165, 1.54) is 11.3 Å². The van der Waals surface area contributed by atoms with Crippen molar-refractivity contribution in [2.24, 2.45) is 0 Å². The van der Waals surface area contributed by atoms with Gasteiger partial charge in [-0.15, -0.1) is 11.3 Å². The minimum Gasteiger partial charge on any atom is -0.458 e. The van der Waals surface area contributed by atoms with Crippen LogP contribution in [-0.2, 0) is 4.74 Å². The zero-order valence-electron chi connectivity index (χ0n) is 10.0. The molecular formula is C13H12BrNO2S. The SMILES string of the molecule is CC(C)OC(=O)c1nc(Br)sc1-c1ccccc1. The Morgan fingerprint density at radius 3 is 2.61 bits per heavy atom. The van der Waals surface area contributed by atoms with E-state index in [0.29, 0.717) is 9.61 Å². The van der Waals surface area contributed by atoms with Crippen molar-refractivity contribution in [3.8, 4) is 10.4 Å². The van der Waals surface area contributed by atoms with E-state index in [9.17, 15) is 4.79 Å². The Morgan fingerprint density at radius 2 is 2.00 bits per heavy atom. The summed E-state index contributed by atoms with van der Waals surface area (Å²) in [7, 11) is 0. The van der Waals surface area contributed by atoms with Gasteiger partial charge in [-0.1, -0.05) is 30.3 Å². The van der Waals surface area contributed by atoms with Gasteiger partial charge in [0.25, 0.3) is 0 Å². The van der Waals surface area contributed by atoms with Gasteiger partial charge in [0.15, 0.2) is 9.61 Å². The fourth-order valence-corrected chi connectivity index (χ4v) is 2.94. The maximum Gasteiger partial charge on any atom is 0.358 e. The molecule has 0 saturated carbocycles. The molecule has 3 nitrogen and oxygen atoms in total. The first kappa shape index (κ1) is 13.2. The van der Waals surface area contributed by atoms with Crippen LogP contribution in [0, 0.1) is 0 Å². The predicted octanol–water partition coefficient (Wildman–Crippen LogP) is 4.14. The standard InChI is InChI=1S/C13H12BrNO2S/c1-8(2)17-12(16)10-11(18-13(14)15-10)9-6-4-3-5-7-9/h3-8H,1-2H3. The van der Waals surface area contributed by atoms with Gasteiger partial charge in [0.05, 0.1) is 11.0 Å². The third-order valence-electron chi connectivity index (χ3n) is 2.17. The molecule has 0 spiro atoms. The molecule has 94 valence electrons. The summed E-state index contributed by atoms with van der Waals surface area (Å²) in [6.45, 7) is 3.64. The molecule has 0 aliphatic heterocycles. The van der Waals surface area contributed by atoms with Gasteiger partial charge in [0.1, 0.15) is 0 Å². The Kier molecular flexibility index (Phi) is 4.14. The Balaban J connectivity index is 2.40. The van der Waals surface area contributed by atoms with Crippen LogP contribution in [0.3, 0.4) is 0 Å². The molecule has 0 aliphatic rings. The van der Waals surface area contributed by atoms with Crippen LogP contribution in [-0.4, -0.2) is 17.1 Å². The first-order chi connectivity index (χ1) is 8.58. The smallest absolute Gasteiger partial charge is 0.358 e. The summed E-state index contributed by atoms with van der Waals surface area (Å²) in [6, 6.07) is 9.70. The van der Waals surface area contributed by atoms with Gasteiger partial charge in [-0.3, -0.25) is 0 Å². The highest BCUT2D eigenvalue weighted by atomic mass is 79.9. The van der Waals surface area contributed by atoms with Crippen LogP contribution in [0.5, 0.6) is 0 Å². The summed E-state index contributed by atoms with van der Waals surface area (Å²) < 4.78 is 5.87. The van der Waals surface area contributed by atoms with Crippen LogP contribution < -0.4 is 0 Å². The lowest BCUT2D eigenvalue weighted by Gasteiger charge is -2.07. The number of thiazole rings is 1. The van der Waals surface area contributed by atoms with Crippen molar-refractivity contribution >= 4 is 33.2 Å². The van der Waals surface area contributed by atoms with Crippen LogP contribution in [0.25, 0.3) is 10.4 Å². The van der Waals surface area contributed by atoms with Gasteiger partial charge in [0, 0.05) is 0 Å². The molecule has 0 bridgehead atoms. The number of hydrogen-bond donors (Lipinski definition) is 0. The van der Waals surface area contributed by atoms with Gasteiger partial charge in [-0.25, -0.2) is 9.78 Å². The molecule has 1 aromatic carbocycles. The van der Waals surface area contributed by atoms with Crippen LogP contribution >= 0.6 is 27.3 Å². The van der Waals surface area contributed by atoms with E-state index >= 15 is 0 Å². The van der Waals surface area contributed by atoms with Crippen molar-refractivity contribution in [3.05, 3.63) is 39.9 Å². The van der Waals surface area contributed by atoms with E-state index in [-0.39, 0.29) is 12.1 Å². The van der Waals surface area contributed by atoms with Gasteiger partial charge < -0.3 is 4.74 Å². The highest BCUT2D eigenvalue weighted by Gasteiger charge is 2.20.